The number of nitrogens with zero attached hydrogens (tertiary/aromatic N) is 3. The molecule has 31 heteroatoms. The second kappa shape index (κ2) is 36.9. The maximum Gasteiger partial charge on any atom is 0.327 e. The minimum Gasteiger partial charge on any atom is -0.480 e. The number of carboxylic acids is 1. The summed E-state index contributed by atoms with van der Waals surface area (Å²) in [5.41, 5.74) is 38.6. The second-order valence-electron chi connectivity index (χ2n) is 18.4. The highest BCUT2D eigenvalue weighted by molar-refractivity contribution is 7.80. The molecule has 0 spiro atoms. The Bertz CT molecular complexity index is 1970. The maximum atomic E-state index is 14.2. The largest absolute Gasteiger partial charge is 0.480 e. The molecule has 0 rings (SSSR count). The Morgan fingerprint density at radius 2 is 0.787 bits per heavy atom. The van der Waals surface area contributed by atoms with E-state index >= 15 is 0 Å². The molecule has 0 unspecified atom stereocenters. The molecule has 0 saturated heterocycles. The van der Waals surface area contributed by atoms with Gasteiger partial charge >= 0.3 is 5.97 Å². The monoisotopic (exact) mass is 1120 g/mol. The number of carbonyl (C=O) groups excluding carboxylic acids is 8. The first-order valence-electron chi connectivity index (χ1n) is 24.5. The van der Waals surface area contributed by atoms with Crippen LogP contribution in [0.3, 0.4) is 0 Å². The molecule has 0 aliphatic heterocycles. The van der Waals surface area contributed by atoms with Gasteiger partial charge in [-0.1, -0.05) is 48.0 Å². The van der Waals surface area contributed by atoms with Crippen molar-refractivity contribution in [3.63, 3.8) is 0 Å². The molecule has 23 N–H and O–H groups in total. The molecule has 10 atom stereocenters. The number of thiol groups is 3. The second-order valence-corrected chi connectivity index (χ2v) is 19.5. The van der Waals surface area contributed by atoms with Crippen molar-refractivity contribution in [2.45, 2.75) is 147 Å². The molecule has 0 aromatic carbocycles. The number of amides is 8. The van der Waals surface area contributed by atoms with Gasteiger partial charge in [0.1, 0.15) is 48.3 Å². The van der Waals surface area contributed by atoms with Crippen LogP contribution in [0.1, 0.15) is 92.9 Å². The molecule has 0 heterocycles. The standard InChI is InChI=1S/C44H84N18O10S3/c1-7-23(6)32(40(70)60-30(20-75)41(71)72)62-35(65)26(13-10-16-54-44(50)51)55-34(64)25(12-9-15-53-43(48)49)56-39(69)31(22(4)5)61-38(68)29(19-74)59-36(66)27(17-21(2)3)57-37(67)28(18-73)58-33(63)24(45)11-8-14-52-42(46)47/h21-32,73-75H,7-20,45H2,1-6H3,(H,55,64)(H,56,69)(H,57,67)(H,58,63)(H,59,66)(H,60,70)(H,61,68)(H,62,65)(H,71,72)(H4,46,47,52)(H4,48,49,53)(H4,50,51,54)/t23-,24-,25-,26-,27-,28-,29-,30-,31-,32-/m0/s1. The molecule has 0 aromatic heterocycles. The van der Waals surface area contributed by atoms with Crippen LogP contribution in [0.4, 0.5) is 0 Å². The Labute approximate surface area is 455 Å². The zero-order valence-electron chi connectivity index (χ0n) is 43.7. The summed E-state index contributed by atoms with van der Waals surface area (Å²) < 4.78 is 0. The van der Waals surface area contributed by atoms with E-state index in [2.05, 4.69) is 95.4 Å². The summed E-state index contributed by atoms with van der Waals surface area (Å²) in [6.07, 6.45) is 1.22. The van der Waals surface area contributed by atoms with E-state index in [1.165, 1.54) is 0 Å². The molecule has 0 fully saturated rings. The third kappa shape index (κ3) is 28.0. The van der Waals surface area contributed by atoms with E-state index in [9.17, 15) is 48.3 Å². The number of rotatable bonds is 37. The van der Waals surface area contributed by atoms with E-state index in [1.807, 2.05) is 0 Å². The highest BCUT2D eigenvalue weighted by Gasteiger charge is 2.36. The highest BCUT2D eigenvalue weighted by atomic mass is 32.1. The maximum absolute atomic E-state index is 14.2. The lowest BCUT2D eigenvalue weighted by atomic mass is 9.97. The third-order valence-corrected chi connectivity index (χ3v) is 12.4. The van der Waals surface area contributed by atoms with Gasteiger partial charge in [-0.3, -0.25) is 53.3 Å². The van der Waals surface area contributed by atoms with Gasteiger partial charge in [-0.25, -0.2) is 4.79 Å². The molecule has 428 valence electrons. The van der Waals surface area contributed by atoms with E-state index in [0.29, 0.717) is 12.8 Å². The molecule has 8 amide bonds. The van der Waals surface area contributed by atoms with Gasteiger partial charge in [0.15, 0.2) is 17.9 Å². The lowest BCUT2D eigenvalue weighted by molar-refractivity contribution is -0.142. The lowest BCUT2D eigenvalue weighted by Gasteiger charge is -2.29. The predicted octanol–water partition coefficient (Wildman–Crippen LogP) is -5.02. The van der Waals surface area contributed by atoms with Gasteiger partial charge in [-0.05, 0) is 62.7 Å². The van der Waals surface area contributed by atoms with Crippen molar-refractivity contribution in [3.8, 4) is 0 Å². The molecular formula is C44H84N18O10S3. The first kappa shape index (κ1) is 69.0. The molecule has 28 nitrogen and oxygen atoms in total. The van der Waals surface area contributed by atoms with Crippen molar-refractivity contribution in [2.75, 3.05) is 36.9 Å². The summed E-state index contributed by atoms with van der Waals surface area (Å²) in [7, 11) is 0. The van der Waals surface area contributed by atoms with Crippen LogP contribution < -0.4 is 82.7 Å². The normalized spacial score (nSPS) is 15.0. The Kier molecular flexibility index (Phi) is 34.0. The van der Waals surface area contributed by atoms with Crippen molar-refractivity contribution < 1.29 is 48.3 Å². The fourth-order valence-electron chi connectivity index (χ4n) is 6.84. The van der Waals surface area contributed by atoms with Gasteiger partial charge in [0.25, 0.3) is 0 Å². The van der Waals surface area contributed by atoms with Gasteiger partial charge in [-0.2, -0.15) is 37.9 Å². The molecule has 0 bridgehead atoms. The van der Waals surface area contributed by atoms with Crippen molar-refractivity contribution in [3.05, 3.63) is 0 Å². The minimum absolute atomic E-state index is 0.0343. The fraction of sp³-hybridized carbons (Fsp3) is 0.727. The topological polar surface area (TPSA) is 489 Å². The minimum atomic E-state index is -1.38. The Morgan fingerprint density at radius 1 is 0.453 bits per heavy atom. The van der Waals surface area contributed by atoms with Crippen LogP contribution >= 0.6 is 37.9 Å². The summed E-state index contributed by atoms with van der Waals surface area (Å²) in [6, 6.07) is -11.4. The number of aliphatic imine (C=N–C) groups is 3. The predicted molar refractivity (Wildman–Crippen MR) is 296 cm³/mol. The summed E-state index contributed by atoms with van der Waals surface area (Å²) in [5.74, 6) is -10.1. The van der Waals surface area contributed by atoms with E-state index < -0.39 is 119 Å². The number of nitrogens with one attached hydrogen (secondary N) is 8. The van der Waals surface area contributed by atoms with Crippen LogP contribution in [0, 0.1) is 17.8 Å². The molecule has 75 heavy (non-hydrogen) atoms. The van der Waals surface area contributed by atoms with Crippen LogP contribution in [0.5, 0.6) is 0 Å². The summed E-state index contributed by atoms with van der Waals surface area (Å²) in [6.45, 7) is 10.6. The van der Waals surface area contributed by atoms with E-state index in [1.54, 1.807) is 41.5 Å². The van der Waals surface area contributed by atoms with Gasteiger partial charge in [-0.15, -0.1) is 0 Å². The van der Waals surface area contributed by atoms with Crippen LogP contribution in [-0.4, -0.2) is 167 Å². The van der Waals surface area contributed by atoms with Gasteiger partial charge in [0.05, 0.1) is 6.04 Å². The highest BCUT2D eigenvalue weighted by Crippen LogP contribution is 2.13. The molecule has 0 aliphatic carbocycles. The van der Waals surface area contributed by atoms with Crippen molar-refractivity contribution >= 4 is 109 Å². The Hall–Kier alpha value is -5.95. The van der Waals surface area contributed by atoms with Crippen molar-refractivity contribution in [1.29, 1.82) is 0 Å². The zero-order valence-corrected chi connectivity index (χ0v) is 46.4. The summed E-state index contributed by atoms with van der Waals surface area (Å²) in [4.78, 5) is 133. The van der Waals surface area contributed by atoms with Crippen LogP contribution in [0.15, 0.2) is 15.0 Å². The first-order chi connectivity index (χ1) is 35.1. The van der Waals surface area contributed by atoms with Crippen LogP contribution in [0.2, 0.25) is 0 Å². The number of aliphatic carboxylic acids is 1. The lowest BCUT2D eigenvalue weighted by Crippen LogP contribution is -2.61. The number of carboxylic acid groups (broad SMARTS) is 1. The molecular weight excluding hydrogens is 1040 g/mol. The van der Waals surface area contributed by atoms with E-state index in [-0.39, 0.29) is 99.2 Å². The van der Waals surface area contributed by atoms with Gasteiger partial charge in [0, 0.05) is 36.9 Å². The fourth-order valence-corrected chi connectivity index (χ4v) is 7.60. The molecule has 0 saturated carbocycles. The summed E-state index contributed by atoms with van der Waals surface area (Å²) in [5, 5.41) is 30.2. The Balaban J connectivity index is 6.59. The average molecular weight is 1120 g/mol. The van der Waals surface area contributed by atoms with Crippen LogP contribution in [-0.2, 0) is 43.2 Å². The SMILES string of the molecule is CC[C@H](C)[C@H](NC(=O)[C@H](CCCN=C(N)N)NC(=O)[C@H](CCCN=C(N)N)NC(=O)[C@@H](NC(=O)[C@H](CS)NC(=O)[C@H](CC(C)C)NC(=O)[C@H](CS)NC(=O)[C@@H](N)CCCN=C(N)N)C(C)C)C(=O)N[C@@H](CS)C(=O)O. The summed E-state index contributed by atoms with van der Waals surface area (Å²) >= 11 is 12.5. The molecule has 0 radical (unpaired) electrons. The molecule has 0 aliphatic rings. The number of carbonyl (C=O) groups is 9. The number of guanidine groups is 3. The van der Waals surface area contributed by atoms with E-state index in [4.69, 9.17) is 40.1 Å². The number of hydrogen-bond donors (Lipinski definition) is 19. The van der Waals surface area contributed by atoms with Crippen molar-refractivity contribution in [2.24, 2.45) is 72.9 Å². The van der Waals surface area contributed by atoms with Gasteiger partial charge < -0.3 is 87.8 Å². The van der Waals surface area contributed by atoms with Crippen molar-refractivity contribution in [1.82, 2.24) is 42.5 Å². The molecule has 0 aromatic rings. The quantitative estimate of drug-likeness (QED) is 0.0120. The number of hydrogen-bond acceptors (Lipinski definition) is 16. The van der Waals surface area contributed by atoms with Crippen LogP contribution in [0.25, 0.3) is 0 Å². The third-order valence-electron chi connectivity index (χ3n) is 11.3. The zero-order chi connectivity index (χ0) is 57.5. The number of nitrogens with two attached hydrogens (primary N) is 7. The average Bonchev–Trinajstić information content (AvgIpc) is 3.33. The smallest absolute Gasteiger partial charge is 0.327 e. The van der Waals surface area contributed by atoms with Gasteiger partial charge in [0.2, 0.25) is 47.3 Å². The first-order valence-corrected chi connectivity index (χ1v) is 26.4. The Morgan fingerprint density at radius 3 is 1.20 bits per heavy atom. The van der Waals surface area contributed by atoms with E-state index in [0.717, 1.165) is 0 Å².